The highest BCUT2D eigenvalue weighted by Gasteiger charge is 2.29. The number of carbonyl (C=O) groups excluding carboxylic acids is 1. The summed E-state index contributed by atoms with van der Waals surface area (Å²) in [6, 6.07) is 8.58. The highest BCUT2D eigenvalue weighted by molar-refractivity contribution is 5.95. The third-order valence-electron chi connectivity index (χ3n) is 4.14. The summed E-state index contributed by atoms with van der Waals surface area (Å²) in [4.78, 5) is 14.7. The van der Waals surface area contributed by atoms with Gasteiger partial charge in [0.15, 0.2) is 0 Å². The first-order chi connectivity index (χ1) is 9.63. The summed E-state index contributed by atoms with van der Waals surface area (Å²) in [5.74, 6) is 0.173. The number of hydrogen-bond donors (Lipinski definition) is 1. The number of benzene rings is 1. The Hall–Kier alpha value is -1.51. The fourth-order valence-electron chi connectivity index (χ4n) is 2.97. The van der Waals surface area contributed by atoms with E-state index in [1.807, 2.05) is 24.3 Å². The van der Waals surface area contributed by atoms with Gasteiger partial charge in [0.1, 0.15) is 0 Å². The van der Waals surface area contributed by atoms with E-state index in [1.54, 1.807) is 0 Å². The molecule has 1 aliphatic heterocycles. The van der Waals surface area contributed by atoms with Crippen molar-refractivity contribution in [3.05, 3.63) is 29.8 Å². The molecule has 1 aromatic carbocycles. The van der Waals surface area contributed by atoms with Gasteiger partial charge in [0.2, 0.25) is 0 Å². The van der Waals surface area contributed by atoms with Crippen LogP contribution < -0.4 is 5.32 Å². The molecule has 20 heavy (non-hydrogen) atoms. The lowest BCUT2D eigenvalue weighted by Crippen LogP contribution is -2.47. The summed E-state index contributed by atoms with van der Waals surface area (Å²) < 4.78 is 0. The molecule has 0 saturated carbocycles. The summed E-state index contributed by atoms with van der Waals surface area (Å²) in [5.41, 5.74) is 1.88. The van der Waals surface area contributed by atoms with E-state index in [4.69, 9.17) is 0 Å². The van der Waals surface area contributed by atoms with Gasteiger partial charge in [-0.05, 0) is 63.8 Å². The van der Waals surface area contributed by atoms with Crippen molar-refractivity contribution < 1.29 is 4.79 Å². The van der Waals surface area contributed by atoms with Crippen LogP contribution in [-0.4, -0.2) is 29.4 Å². The fraction of sp³-hybridized carbons (Fsp3) is 0.588. The Balaban J connectivity index is 2.08. The van der Waals surface area contributed by atoms with Crippen molar-refractivity contribution >= 4 is 11.6 Å². The first kappa shape index (κ1) is 14.9. The van der Waals surface area contributed by atoms with Gasteiger partial charge in [0.05, 0.1) is 0 Å². The van der Waals surface area contributed by atoms with E-state index < -0.39 is 0 Å². The Morgan fingerprint density at radius 2 is 1.80 bits per heavy atom. The molecule has 1 saturated heterocycles. The van der Waals surface area contributed by atoms with Crippen molar-refractivity contribution in [2.75, 3.05) is 11.9 Å². The summed E-state index contributed by atoms with van der Waals surface area (Å²) in [6.45, 7) is 7.42. The van der Waals surface area contributed by atoms with Crippen LogP contribution in [0.3, 0.4) is 0 Å². The predicted octanol–water partition coefficient (Wildman–Crippen LogP) is 3.91. The van der Waals surface area contributed by atoms with Gasteiger partial charge < -0.3 is 10.2 Å². The van der Waals surface area contributed by atoms with Crippen LogP contribution in [0.15, 0.2) is 24.3 Å². The Bertz CT molecular complexity index is 431. The summed E-state index contributed by atoms with van der Waals surface area (Å²) in [6.07, 6.45) is 4.56. The molecule has 0 aromatic heterocycles. The predicted molar refractivity (Wildman–Crippen MR) is 84.2 cm³/mol. The number of amides is 1. The molecular weight excluding hydrogens is 248 g/mol. The van der Waals surface area contributed by atoms with Crippen molar-refractivity contribution in [2.24, 2.45) is 0 Å². The molecule has 1 heterocycles. The van der Waals surface area contributed by atoms with Crippen molar-refractivity contribution in [1.82, 2.24) is 4.90 Å². The zero-order chi connectivity index (χ0) is 14.5. The number of hydrogen-bond acceptors (Lipinski definition) is 2. The summed E-state index contributed by atoms with van der Waals surface area (Å²) >= 11 is 0. The molecule has 0 spiro atoms. The lowest BCUT2D eigenvalue weighted by Gasteiger charge is -2.39. The molecular formula is C17H26N2O. The average molecular weight is 274 g/mol. The van der Waals surface area contributed by atoms with Crippen molar-refractivity contribution in [3.8, 4) is 0 Å². The lowest BCUT2D eigenvalue weighted by molar-refractivity contribution is 0.0511. The van der Waals surface area contributed by atoms with Gasteiger partial charge in [-0.3, -0.25) is 4.79 Å². The molecule has 3 nitrogen and oxygen atoms in total. The van der Waals surface area contributed by atoms with E-state index in [1.165, 1.54) is 6.42 Å². The maximum atomic E-state index is 12.7. The van der Waals surface area contributed by atoms with Crippen molar-refractivity contribution in [1.29, 1.82) is 0 Å². The number of nitrogens with zero attached hydrogens (tertiary/aromatic N) is 1. The van der Waals surface area contributed by atoms with Gasteiger partial charge in [-0.2, -0.15) is 0 Å². The lowest BCUT2D eigenvalue weighted by atomic mass is 9.96. The third-order valence-corrected chi connectivity index (χ3v) is 4.14. The molecule has 110 valence electrons. The molecule has 1 fully saturated rings. The second kappa shape index (κ2) is 6.78. The quantitative estimate of drug-likeness (QED) is 0.902. The zero-order valence-corrected chi connectivity index (χ0v) is 12.9. The molecule has 2 atom stereocenters. The monoisotopic (exact) mass is 274 g/mol. The Labute approximate surface area is 122 Å². The average Bonchev–Trinajstić information content (AvgIpc) is 2.45. The van der Waals surface area contributed by atoms with E-state index in [2.05, 4.69) is 31.0 Å². The number of anilines is 1. The van der Waals surface area contributed by atoms with Gasteiger partial charge in [-0.25, -0.2) is 0 Å². The number of likely N-dealkylation sites (tertiary alicyclic amines) is 1. The van der Waals surface area contributed by atoms with Gasteiger partial charge in [-0.15, -0.1) is 0 Å². The molecule has 3 heteroatoms. The second-order valence-corrected chi connectivity index (χ2v) is 5.85. The normalized spacial score (nSPS) is 22.6. The van der Waals surface area contributed by atoms with Gasteiger partial charge in [-0.1, -0.05) is 6.92 Å². The van der Waals surface area contributed by atoms with Crippen LogP contribution >= 0.6 is 0 Å². The zero-order valence-electron chi connectivity index (χ0n) is 12.9. The van der Waals surface area contributed by atoms with E-state index >= 15 is 0 Å². The first-order valence-corrected chi connectivity index (χ1v) is 7.80. The minimum atomic E-state index is 0.173. The Morgan fingerprint density at radius 1 is 1.20 bits per heavy atom. The molecule has 1 aliphatic rings. The van der Waals surface area contributed by atoms with Crippen LogP contribution in [0.25, 0.3) is 0 Å². The largest absolute Gasteiger partial charge is 0.385 e. The Morgan fingerprint density at radius 3 is 2.35 bits per heavy atom. The molecule has 0 bridgehead atoms. The minimum absolute atomic E-state index is 0.173. The molecule has 1 aromatic rings. The SMILES string of the molecule is CCCNc1ccc(C(=O)N2C(C)CCCC2C)cc1. The van der Waals surface area contributed by atoms with Gasteiger partial charge in [0, 0.05) is 29.9 Å². The standard InChI is InChI=1S/C17H26N2O/c1-4-12-18-16-10-8-15(9-11-16)17(20)19-13(2)6-5-7-14(19)3/h8-11,13-14,18H,4-7,12H2,1-3H3. The molecule has 1 N–H and O–H groups in total. The van der Waals surface area contributed by atoms with Crippen LogP contribution in [0.1, 0.15) is 56.8 Å². The van der Waals surface area contributed by atoms with E-state index in [-0.39, 0.29) is 5.91 Å². The second-order valence-electron chi connectivity index (χ2n) is 5.85. The van der Waals surface area contributed by atoms with Crippen molar-refractivity contribution in [2.45, 2.75) is 58.5 Å². The number of nitrogens with one attached hydrogen (secondary N) is 1. The van der Waals surface area contributed by atoms with E-state index in [0.29, 0.717) is 12.1 Å². The molecule has 0 radical (unpaired) electrons. The van der Waals surface area contributed by atoms with Gasteiger partial charge >= 0.3 is 0 Å². The smallest absolute Gasteiger partial charge is 0.254 e. The van der Waals surface area contributed by atoms with Crippen LogP contribution in [-0.2, 0) is 0 Å². The number of carbonyl (C=O) groups is 1. The van der Waals surface area contributed by atoms with Crippen LogP contribution in [0.5, 0.6) is 0 Å². The highest BCUT2D eigenvalue weighted by atomic mass is 16.2. The van der Waals surface area contributed by atoms with Crippen LogP contribution in [0.4, 0.5) is 5.69 Å². The third kappa shape index (κ3) is 3.33. The highest BCUT2D eigenvalue weighted by Crippen LogP contribution is 2.25. The molecule has 2 unspecified atom stereocenters. The topological polar surface area (TPSA) is 32.3 Å². The minimum Gasteiger partial charge on any atom is -0.385 e. The van der Waals surface area contributed by atoms with Crippen molar-refractivity contribution in [3.63, 3.8) is 0 Å². The fourth-order valence-corrected chi connectivity index (χ4v) is 2.97. The molecule has 2 rings (SSSR count). The first-order valence-electron chi connectivity index (χ1n) is 7.80. The summed E-state index contributed by atoms with van der Waals surface area (Å²) in [5, 5.41) is 3.33. The molecule has 0 aliphatic carbocycles. The number of rotatable bonds is 4. The maximum absolute atomic E-state index is 12.7. The van der Waals surface area contributed by atoms with Crippen LogP contribution in [0, 0.1) is 0 Å². The van der Waals surface area contributed by atoms with E-state index in [0.717, 1.165) is 37.1 Å². The summed E-state index contributed by atoms with van der Waals surface area (Å²) in [7, 11) is 0. The maximum Gasteiger partial charge on any atom is 0.254 e. The number of piperidine rings is 1. The molecule has 1 amide bonds. The van der Waals surface area contributed by atoms with E-state index in [9.17, 15) is 4.79 Å². The van der Waals surface area contributed by atoms with Gasteiger partial charge in [0.25, 0.3) is 5.91 Å². The Kier molecular flexibility index (Phi) is 5.05. The van der Waals surface area contributed by atoms with Crippen LogP contribution in [0.2, 0.25) is 0 Å².